The summed E-state index contributed by atoms with van der Waals surface area (Å²) in [6.07, 6.45) is -0.296. The lowest BCUT2D eigenvalue weighted by Gasteiger charge is -2.40. The number of ether oxygens (including phenoxy) is 1. The van der Waals surface area contributed by atoms with Crippen LogP contribution in [-0.4, -0.2) is 29.7 Å². The van der Waals surface area contributed by atoms with Crippen molar-refractivity contribution in [2.75, 3.05) is 13.1 Å². The van der Waals surface area contributed by atoms with E-state index in [1.807, 2.05) is 26.8 Å². The third-order valence-electron chi connectivity index (χ3n) is 2.85. The Morgan fingerprint density at radius 3 is 2.61 bits per heavy atom. The summed E-state index contributed by atoms with van der Waals surface area (Å²) in [6, 6.07) is 6.53. The molecule has 1 fully saturated rings. The monoisotopic (exact) mass is 251 g/mol. The summed E-state index contributed by atoms with van der Waals surface area (Å²) in [5.74, 6) is -0.0172. The third kappa shape index (κ3) is 3.00. The highest BCUT2D eigenvalue weighted by Crippen LogP contribution is 2.28. The Morgan fingerprint density at radius 2 is 2.06 bits per heavy atom. The standard InChI is InChI=1S/C14H18FNO2/c1-14(2,3)18-13(17)16-8-11(9-16)10-5-4-6-12(15)7-10/h4-7,11H,8-9H2,1-3H3. The molecule has 1 heterocycles. The van der Waals surface area contributed by atoms with Gasteiger partial charge in [0.2, 0.25) is 0 Å². The molecule has 1 aromatic rings. The van der Waals surface area contributed by atoms with Gasteiger partial charge in [0, 0.05) is 19.0 Å². The molecular weight excluding hydrogens is 233 g/mol. The summed E-state index contributed by atoms with van der Waals surface area (Å²) >= 11 is 0. The van der Waals surface area contributed by atoms with Gasteiger partial charge >= 0.3 is 6.09 Å². The van der Waals surface area contributed by atoms with Gasteiger partial charge in [-0.15, -0.1) is 0 Å². The van der Waals surface area contributed by atoms with Gasteiger partial charge in [-0.05, 0) is 38.5 Å². The van der Waals surface area contributed by atoms with Gasteiger partial charge in [0.15, 0.2) is 0 Å². The van der Waals surface area contributed by atoms with Crippen molar-refractivity contribution in [3.63, 3.8) is 0 Å². The molecule has 0 aromatic heterocycles. The number of benzene rings is 1. The van der Waals surface area contributed by atoms with Crippen LogP contribution in [0.5, 0.6) is 0 Å². The van der Waals surface area contributed by atoms with Crippen LogP contribution in [0.25, 0.3) is 0 Å². The Morgan fingerprint density at radius 1 is 1.39 bits per heavy atom. The number of halogens is 1. The molecule has 98 valence electrons. The van der Waals surface area contributed by atoms with E-state index in [-0.39, 0.29) is 17.8 Å². The van der Waals surface area contributed by atoms with Gasteiger partial charge in [-0.2, -0.15) is 0 Å². The number of hydrogen-bond donors (Lipinski definition) is 0. The maximum absolute atomic E-state index is 13.1. The summed E-state index contributed by atoms with van der Waals surface area (Å²) in [5.41, 5.74) is 0.468. The van der Waals surface area contributed by atoms with Gasteiger partial charge in [-0.25, -0.2) is 9.18 Å². The van der Waals surface area contributed by atoms with Crippen molar-refractivity contribution in [3.05, 3.63) is 35.6 Å². The summed E-state index contributed by atoms with van der Waals surface area (Å²) in [4.78, 5) is 13.4. The van der Waals surface area contributed by atoms with Crippen LogP contribution >= 0.6 is 0 Å². The second-order valence-electron chi connectivity index (χ2n) is 5.64. The Labute approximate surface area is 107 Å². The number of nitrogens with zero attached hydrogens (tertiary/aromatic N) is 1. The topological polar surface area (TPSA) is 29.5 Å². The average molecular weight is 251 g/mol. The molecular formula is C14H18FNO2. The zero-order valence-electron chi connectivity index (χ0n) is 10.9. The fourth-order valence-corrected chi connectivity index (χ4v) is 1.93. The molecule has 4 heteroatoms. The Bertz CT molecular complexity index is 447. The van der Waals surface area contributed by atoms with E-state index >= 15 is 0 Å². The molecule has 0 unspecified atom stereocenters. The summed E-state index contributed by atoms with van der Waals surface area (Å²) in [6.45, 7) is 6.72. The van der Waals surface area contributed by atoms with E-state index in [1.54, 1.807) is 11.0 Å². The molecule has 2 rings (SSSR count). The van der Waals surface area contributed by atoms with Gasteiger partial charge in [-0.1, -0.05) is 12.1 Å². The van der Waals surface area contributed by atoms with E-state index in [2.05, 4.69) is 0 Å². The second-order valence-corrected chi connectivity index (χ2v) is 5.64. The molecule has 1 saturated heterocycles. The van der Waals surface area contributed by atoms with Crippen molar-refractivity contribution in [2.45, 2.75) is 32.3 Å². The van der Waals surface area contributed by atoms with Gasteiger partial charge in [-0.3, -0.25) is 0 Å². The summed E-state index contributed by atoms with van der Waals surface area (Å²) in [5, 5.41) is 0. The normalized spacial score (nSPS) is 16.3. The van der Waals surface area contributed by atoms with E-state index in [0.717, 1.165) is 5.56 Å². The first kappa shape index (κ1) is 12.9. The van der Waals surface area contributed by atoms with Crippen LogP contribution in [0.15, 0.2) is 24.3 Å². The van der Waals surface area contributed by atoms with Gasteiger partial charge in [0.05, 0.1) is 0 Å². The van der Waals surface area contributed by atoms with Gasteiger partial charge in [0.1, 0.15) is 11.4 Å². The quantitative estimate of drug-likeness (QED) is 0.767. The minimum atomic E-state index is -0.471. The van der Waals surface area contributed by atoms with Crippen LogP contribution in [0.2, 0.25) is 0 Å². The lowest BCUT2D eigenvalue weighted by atomic mass is 9.92. The van der Waals surface area contributed by atoms with E-state index in [0.29, 0.717) is 13.1 Å². The highest BCUT2D eigenvalue weighted by molar-refractivity contribution is 5.69. The van der Waals surface area contributed by atoms with E-state index in [4.69, 9.17) is 4.74 Å². The molecule has 0 spiro atoms. The zero-order valence-corrected chi connectivity index (χ0v) is 10.9. The summed E-state index contributed by atoms with van der Waals surface area (Å²) in [7, 11) is 0. The van der Waals surface area contributed by atoms with Crippen molar-refractivity contribution >= 4 is 6.09 Å². The van der Waals surface area contributed by atoms with Crippen LogP contribution in [0, 0.1) is 5.82 Å². The first-order chi connectivity index (χ1) is 8.35. The molecule has 1 aliphatic heterocycles. The molecule has 0 saturated carbocycles. The number of carbonyl (C=O) groups is 1. The van der Waals surface area contributed by atoms with Crippen molar-refractivity contribution in [1.82, 2.24) is 4.90 Å². The molecule has 0 atom stereocenters. The number of likely N-dealkylation sites (tertiary alicyclic amines) is 1. The van der Waals surface area contributed by atoms with Crippen molar-refractivity contribution in [1.29, 1.82) is 0 Å². The predicted octanol–water partition coefficient (Wildman–Crippen LogP) is 3.16. The molecule has 3 nitrogen and oxygen atoms in total. The lowest BCUT2D eigenvalue weighted by Crippen LogP contribution is -2.50. The fourth-order valence-electron chi connectivity index (χ4n) is 1.93. The lowest BCUT2D eigenvalue weighted by molar-refractivity contribution is 0.00818. The van der Waals surface area contributed by atoms with Crippen LogP contribution in [0.3, 0.4) is 0 Å². The van der Waals surface area contributed by atoms with E-state index in [9.17, 15) is 9.18 Å². The minimum Gasteiger partial charge on any atom is -0.444 e. The predicted molar refractivity (Wildman–Crippen MR) is 66.9 cm³/mol. The highest BCUT2D eigenvalue weighted by atomic mass is 19.1. The van der Waals surface area contributed by atoms with E-state index < -0.39 is 5.60 Å². The molecule has 1 amide bonds. The Kier molecular flexibility index (Phi) is 3.28. The molecule has 18 heavy (non-hydrogen) atoms. The average Bonchev–Trinajstić information content (AvgIpc) is 2.11. The Balaban J connectivity index is 1.89. The molecule has 0 N–H and O–H groups in total. The van der Waals surface area contributed by atoms with E-state index in [1.165, 1.54) is 12.1 Å². The minimum absolute atomic E-state index is 0.216. The van der Waals surface area contributed by atoms with Crippen molar-refractivity contribution < 1.29 is 13.9 Å². The maximum Gasteiger partial charge on any atom is 0.410 e. The molecule has 0 aliphatic carbocycles. The number of rotatable bonds is 1. The number of hydrogen-bond acceptors (Lipinski definition) is 2. The maximum atomic E-state index is 13.1. The SMILES string of the molecule is CC(C)(C)OC(=O)N1CC(c2cccc(F)c2)C1. The highest BCUT2D eigenvalue weighted by Gasteiger charge is 2.34. The molecule has 0 bridgehead atoms. The molecule has 0 radical (unpaired) electrons. The zero-order chi connectivity index (χ0) is 13.3. The van der Waals surface area contributed by atoms with Crippen LogP contribution in [-0.2, 0) is 4.74 Å². The summed E-state index contributed by atoms with van der Waals surface area (Å²) < 4.78 is 18.3. The van der Waals surface area contributed by atoms with Crippen LogP contribution in [0.4, 0.5) is 9.18 Å². The molecule has 1 aliphatic rings. The fraction of sp³-hybridized carbons (Fsp3) is 0.500. The largest absolute Gasteiger partial charge is 0.444 e. The van der Waals surface area contributed by atoms with Crippen LogP contribution < -0.4 is 0 Å². The Hall–Kier alpha value is -1.58. The smallest absolute Gasteiger partial charge is 0.410 e. The number of amides is 1. The first-order valence-electron chi connectivity index (χ1n) is 6.08. The van der Waals surface area contributed by atoms with Crippen molar-refractivity contribution in [3.8, 4) is 0 Å². The first-order valence-corrected chi connectivity index (χ1v) is 6.08. The van der Waals surface area contributed by atoms with Gasteiger partial charge < -0.3 is 9.64 Å². The third-order valence-corrected chi connectivity index (χ3v) is 2.85. The van der Waals surface area contributed by atoms with Crippen LogP contribution in [0.1, 0.15) is 32.3 Å². The second kappa shape index (κ2) is 4.59. The number of carbonyl (C=O) groups excluding carboxylic acids is 1. The van der Waals surface area contributed by atoms with Gasteiger partial charge in [0.25, 0.3) is 0 Å². The molecule has 1 aromatic carbocycles. The van der Waals surface area contributed by atoms with Crippen molar-refractivity contribution in [2.24, 2.45) is 0 Å².